The van der Waals surface area contributed by atoms with E-state index in [9.17, 15) is 0 Å². The Bertz CT molecular complexity index is 329. The molecular weight excluding hydrogens is 216 g/mol. The molecule has 1 N–H and O–H groups in total. The number of hydrogen-bond acceptors (Lipinski definition) is 4. The third kappa shape index (κ3) is 5.15. The molecule has 96 valence electrons. The van der Waals surface area contributed by atoms with E-state index in [1.165, 1.54) is 0 Å². The number of rotatable bonds is 7. The van der Waals surface area contributed by atoms with Gasteiger partial charge in [-0.2, -0.15) is 0 Å². The Hall–Kier alpha value is -1.13. The Balaban J connectivity index is 2.63. The first-order valence-electron chi connectivity index (χ1n) is 5.96. The van der Waals surface area contributed by atoms with E-state index >= 15 is 0 Å². The minimum Gasteiger partial charge on any atom is -0.472 e. The van der Waals surface area contributed by atoms with E-state index < -0.39 is 0 Å². The van der Waals surface area contributed by atoms with Crippen molar-refractivity contribution in [3.05, 3.63) is 23.9 Å². The summed E-state index contributed by atoms with van der Waals surface area (Å²) in [6, 6.07) is 4.39. The predicted octanol–water partition coefficient (Wildman–Crippen LogP) is 1.99. The maximum atomic E-state index is 5.74. The molecule has 0 fully saturated rings. The first-order chi connectivity index (χ1) is 8.13. The minimum absolute atomic E-state index is 0.00713. The predicted molar refractivity (Wildman–Crippen MR) is 68.2 cm³/mol. The molecule has 0 aliphatic rings. The molecule has 0 aliphatic heterocycles. The van der Waals surface area contributed by atoms with Gasteiger partial charge in [-0.25, -0.2) is 4.98 Å². The van der Waals surface area contributed by atoms with Crippen molar-refractivity contribution in [3.8, 4) is 5.88 Å². The summed E-state index contributed by atoms with van der Waals surface area (Å²) in [6.07, 6.45) is 1.75. The van der Waals surface area contributed by atoms with Gasteiger partial charge in [0.1, 0.15) is 6.10 Å². The van der Waals surface area contributed by atoms with Crippen LogP contribution in [-0.4, -0.2) is 30.8 Å². The lowest BCUT2D eigenvalue weighted by Crippen LogP contribution is -2.24. The van der Waals surface area contributed by atoms with Crippen molar-refractivity contribution in [2.45, 2.75) is 39.5 Å². The number of ether oxygens (including phenoxy) is 2. The molecule has 1 atom stereocenters. The molecule has 1 aromatic rings. The maximum absolute atomic E-state index is 5.74. The Morgan fingerprint density at radius 2 is 2.12 bits per heavy atom. The summed E-state index contributed by atoms with van der Waals surface area (Å²) in [5, 5.41) is 3.36. The molecule has 0 aromatic carbocycles. The zero-order valence-electron chi connectivity index (χ0n) is 11.1. The van der Waals surface area contributed by atoms with Gasteiger partial charge in [-0.05, 0) is 13.0 Å². The van der Waals surface area contributed by atoms with Crippen LogP contribution >= 0.6 is 0 Å². The second-order valence-electron chi connectivity index (χ2n) is 4.39. The van der Waals surface area contributed by atoms with Crippen LogP contribution < -0.4 is 10.1 Å². The Morgan fingerprint density at radius 3 is 2.76 bits per heavy atom. The van der Waals surface area contributed by atoms with Crippen LogP contribution in [0.3, 0.4) is 0 Å². The van der Waals surface area contributed by atoms with Crippen LogP contribution in [0.25, 0.3) is 0 Å². The van der Waals surface area contributed by atoms with Crippen LogP contribution in [0.15, 0.2) is 18.3 Å². The van der Waals surface area contributed by atoms with Crippen LogP contribution in [0, 0.1) is 0 Å². The number of nitrogens with one attached hydrogen (secondary N) is 1. The molecule has 0 saturated carbocycles. The number of aromatic nitrogens is 1. The average Bonchev–Trinajstić information content (AvgIpc) is 2.28. The van der Waals surface area contributed by atoms with Crippen LogP contribution in [0.4, 0.5) is 0 Å². The molecule has 1 unspecified atom stereocenters. The van der Waals surface area contributed by atoms with E-state index in [0.717, 1.165) is 12.1 Å². The summed E-state index contributed by atoms with van der Waals surface area (Å²) >= 11 is 0. The molecule has 0 aliphatic carbocycles. The summed E-state index contributed by atoms with van der Waals surface area (Å²) in [4.78, 5) is 4.26. The topological polar surface area (TPSA) is 43.4 Å². The molecule has 0 radical (unpaired) electrons. The van der Waals surface area contributed by atoms with Gasteiger partial charge in [0.25, 0.3) is 0 Å². The summed E-state index contributed by atoms with van der Waals surface area (Å²) < 4.78 is 10.8. The van der Waals surface area contributed by atoms with Gasteiger partial charge in [-0.1, -0.05) is 19.9 Å². The molecule has 1 heterocycles. The molecule has 0 spiro atoms. The SMILES string of the molecule is COCC(C)Oc1ncccc1CNC(C)C. The fraction of sp³-hybridized carbons (Fsp3) is 0.615. The van der Waals surface area contributed by atoms with Gasteiger partial charge in [0.2, 0.25) is 5.88 Å². The largest absolute Gasteiger partial charge is 0.472 e. The Labute approximate surface area is 103 Å². The third-order valence-electron chi connectivity index (χ3n) is 2.26. The summed E-state index contributed by atoms with van der Waals surface area (Å²) in [6.45, 7) is 7.53. The van der Waals surface area contributed by atoms with Gasteiger partial charge in [0, 0.05) is 31.5 Å². The fourth-order valence-electron chi connectivity index (χ4n) is 1.44. The van der Waals surface area contributed by atoms with E-state index in [2.05, 4.69) is 24.1 Å². The van der Waals surface area contributed by atoms with Crippen molar-refractivity contribution < 1.29 is 9.47 Å². The standard InChI is InChI=1S/C13H22N2O2/c1-10(2)15-8-12-6-5-7-14-13(12)17-11(3)9-16-4/h5-7,10-11,15H,8-9H2,1-4H3. The highest BCUT2D eigenvalue weighted by atomic mass is 16.5. The number of methoxy groups -OCH3 is 1. The lowest BCUT2D eigenvalue weighted by atomic mass is 10.2. The Kier molecular flexibility index (Phi) is 5.94. The van der Waals surface area contributed by atoms with E-state index in [1.807, 2.05) is 19.1 Å². The zero-order chi connectivity index (χ0) is 12.7. The fourth-order valence-corrected chi connectivity index (χ4v) is 1.44. The molecule has 0 saturated heterocycles. The molecular formula is C13H22N2O2. The van der Waals surface area contributed by atoms with Crippen molar-refractivity contribution in [2.75, 3.05) is 13.7 Å². The van der Waals surface area contributed by atoms with Crippen molar-refractivity contribution in [1.82, 2.24) is 10.3 Å². The van der Waals surface area contributed by atoms with Gasteiger partial charge in [-0.3, -0.25) is 0 Å². The molecule has 1 aromatic heterocycles. The summed E-state index contributed by atoms with van der Waals surface area (Å²) in [7, 11) is 1.67. The molecule has 0 bridgehead atoms. The van der Waals surface area contributed by atoms with Gasteiger partial charge >= 0.3 is 0 Å². The molecule has 4 nitrogen and oxygen atoms in total. The molecule has 1 rings (SSSR count). The van der Waals surface area contributed by atoms with Gasteiger partial charge in [0.15, 0.2) is 0 Å². The number of nitrogens with zero attached hydrogens (tertiary/aromatic N) is 1. The van der Waals surface area contributed by atoms with Gasteiger partial charge < -0.3 is 14.8 Å². The third-order valence-corrected chi connectivity index (χ3v) is 2.26. The average molecular weight is 238 g/mol. The molecule has 0 amide bonds. The van der Waals surface area contributed by atoms with E-state index in [0.29, 0.717) is 18.5 Å². The van der Waals surface area contributed by atoms with E-state index in [1.54, 1.807) is 13.3 Å². The monoisotopic (exact) mass is 238 g/mol. The highest BCUT2D eigenvalue weighted by molar-refractivity contribution is 5.25. The molecule has 17 heavy (non-hydrogen) atoms. The van der Waals surface area contributed by atoms with Crippen molar-refractivity contribution >= 4 is 0 Å². The highest BCUT2D eigenvalue weighted by Gasteiger charge is 2.09. The summed E-state index contributed by atoms with van der Waals surface area (Å²) in [5.41, 5.74) is 1.07. The number of pyridine rings is 1. The first kappa shape index (κ1) is 13.9. The second kappa shape index (κ2) is 7.25. The minimum atomic E-state index is 0.00713. The quantitative estimate of drug-likeness (QED) is 0.789. The maximum Gasteiger partial charge on any atom is 0.218 e. The highest BCUT2D eigenvalue weighted by Crippen LogP contribution is 2.15. The van der Waals surface area contributed by atoms with E-state index in [-0.39, 0.29) is 6.10 Å². The molecule has 4 heteroatoms. The van der Waals surface area contributed by atoms with E-state index in [4.69, 9.17) is 9.47 Å². The van der Waals surface area contributed by atoms with Crippen molar-refractivity contribution in [2.24, 2.45) is 0 Å². The lowest BCUT2D eigenvalue weighted by molar-refractivity contribution is 0.0881. The van der Waals surface area contributed by atoms with Crippen LogP contribution in [-0.2, 0) is 11.3 Å². The van der Waals surface area contributed by atoms with Crippen LogP contribution in [0.2, 0.25) is 0 Å². The lowest BCUT2D eigenvalue weighted by Gasteiger charge is -2.16. The normalized spacial score (nSPS) is 12.8. The van der Waals surface area contributed by atoms with Crippen molar-refractivity contribution in [3.63, 3.8) is 0 Å². The second-order valence-corrected chi connectivity index (χ2v) is 4.39. The smallest absolute Gasteiger partial charge is 0.218 e. The van der Waals surface area contributed by atoms with Crippen molar-refractivity contribution in [1.29, 1.82) is 0 Å². The van der Waals surface area contributed by atoms with Gasteiger partial charge in [0.05, 0.1) is 6.61 Å². The van der Waals surface area contributed by atoms with Gasteiger partial charge in [-0.15, -0.1) is 0 Å². The van der Waals surface area contributed by atoms with Crippen LogP contribution in [0.5, 0.6) is 5.88 Å². The van der Waals surface area contributed by atoms with Crippen LogP contribution in [0.1, 0.15) is 26.3 Å². The number of hydrogen-bond donors (Lipinski definition) is 1. The Morgan fingerprint density at radius 1 is 1.35 bits per heavy atom. The summed E-state index contributed by atoms with van der Waals surface area (Å²) in [5.74, 6) is 0.685. The zero-order valence-corrected chi connectivity index (χ0v) is 11.1. The first-order valence-corrected chi connectivity index (χ1v) is 5.96.